The minimum Gasteiger partial charge on any atom is -0.325 e. The molecule has 39 heavy (non-hydrogen) atoms. The van der Waals surface area contributed by atoms with Crippen LogP contribution >= 0.6 is 11.8 Å². The van der Waals surface area contributed by atoms with E-state index in [-0.39, 0.29) is 28.0 Å². The molecule has 0 aliphatic heterocycles. The number of aromatic nitrogens is 2. The van der Waals surface area contributed by atoms with Gasteiger partial charge in [0.15, 0.2) is 5.16 Å². The number of amides is 1. The molecule has 0 fully saturated rings. The molecule has 0 bridgehead atoms. The van der Waals surface area contributed by atoms with Crippen LogP contribution in [0.3, 0.4) is 0 Å². The average molecular weight is 565 g/mol. The van der Waals surface area contributed by atoms with Gasteiger partial charge in [0.1, 0.15) is 0 Å². The molecule has 0 radical (unpaired) electrons. The molecule has 204 valence electrons. The lowest BCUT2D eigenvalue weighted by Gasteiger charge is -2.18. The number of hydrogen-bond donors (Lipinski definition) is 1. The fraction of sp³-hybridized carbons (Fsp3) is 0.276. The summed E-state index contributed by atoms with van der Waals surface area (Å²) in [5.74, 6) is -0.117. The molecule has 1 amide bonds. The molecule has 10 heteroatoms. The van der Waals surface area contributed by atoms with E-state index in [4.69, 9.17) is 4.98 Å². The smallest absolute Gasteiger partial charge is 0.266 e. The average Bonchev–Trinajstić information content (AvgIpc) is 2.93. The molecule has 1 heterocycles. The van der Waals surface area contributed by atoms with Gasteiger partial charge >= 0.3 is 0 Å². The van der Waals surface area contributed by atoms with Crippen LogP contribution in [-0.4, -0.2) is 47.0 Å². The molecule has 1 aromatic heterocycles. The highest BCUT2D eigenvalue weighted by atomic mass is 32.2. The molecule has 0 atom stereocenters. The van der Waals surface area contributed by atoms with E-state index in [1.54, 1.807) is 42.7 Å². The van der Waals surface area contributed by atoms with Crippen molar-refractivity contribution in [1.82, 2.24) is 13.9 Å². The highest BCUT2D eigenvalue weighted by molar-refractivity contribution is 7.99. The molecule has 3 aromatic carbocycles. The van der Waals surface area contributed by atoms with Gasteiger partial charge < -0.3 is 5.32 Å². The second-order valence-electron chi connectivity index (χ2n) is 9.22. The van der Waals surface area contributed by atoms with Crippen molar-refractivity contribution in [3.8, 4) is 5.69 Å². The number of anilines is 1. The van der Waals surface area contributed by atoms with Crippen LogP contribution in [0.5, 0.6) is 0 Å². The van der Waals surface area contributed by atoms with E-state index in [0.717, 1.165) is 11.3 Å². The fourth-order valence-corrected chi connectivity index (χ4v) is 6.61. The quantitative estimate of drug-likeness (QED) is 0.208. The molecule has 0 saturated carbocycles. The third kappa shape index (κ3) is 6.08. The Bertz CT molecular complexity index is 1640. The summed E-state index contributed by atoms with van der Waals surface area (Å²) in [7, 11) is -3.58. The van der Waals surface area contributed by atoms with Gasteiger partial charge in [-0.15, -0.1) is 0 Å². The Balaban J connectivity index is 1.59. The van der Waals surface area contributed by atoms with E-state index in [9.17, 15) is 18.0 Å². The minimum absolute atomic E-state index is 0.00806. The fourth-order valence-electron chi connectivity index (χ4n) is 4.35. The number of carbonyl (C=O) groups excluding carboxylic acids is 1. The van der Waals surface area contributed by atoms with E-state index < -0.39 is 10.0 Å². The van der Waals surface area contributed by atoms with Crippen LogP contribution in [0.25, 0.3) is 16.6 Å². The standard InChI is InChI=1S/C29H32N4O4S2/c1-5-32(6-2)39(36,37)22-17-15-21(16-18-22)30-27(34)19-38-29-31-25-13-9-7-12-24(25)28(35)33(29)26-14-10-8-11-23(26)20(3)4/h7-18,20H,5-6,19H2,1-4H3,(H,30,34). The van der Waals surface area contributed by atoms with Gasteiger partial charge in [0, 0.05) is 18.8 Å². The maximum atomic E-state index is 13.6. The lowest BCUT2D eigenvalue weighted by atomic mass is 10.0. The number of para-hydroxylation sites is 2. The monoisotopic (exact) mass is 564 g/mol. The number of hydrogen-bond acceptors (Lipinski definition) is 6. The normalized spacial score (nSPS) is 11.8. The summed E-state index contributed by atoms with van der Waals surface area (Å²) in [6.07, 6.45) is 0. The largest absolute Gasteiger partial charge is 0.325 e. The highest BCUT2D eigenvalue weighted by Gasteiger charge is 2.22. The topological polar surface area (TPSA) is 101 Å². The number of carbonyl (C=O) groups is 1. The summed E-state index contributed by atoms with van der Waals surface area (Å²) < 4.78 is 28.4. The van der Waals surface area contributed by atoms with Crippen LogP contribution in [0, 0.1) is 0 Å². The Hall–Kier alpha value is -3.47. The Morgan fingerprint density at radius 2 is 1.62 bits per heavy atom. The Morgan fingerprint density at radius 3 is 2.28 bits per heavy atom. The van der Waals surface area contributed by atoms with Crippen LogP contribution in [0.4, 0.5) is 5.69 Å². The Morgan fingerprint density at radius 1 is 0.974 bits per heavy atom. The molecule has 0 spiro atoms. The predicted octanol–water partition coefficient (Wildman–Crippen LogP) is 5.27. The predicted molar refractivity (Wildman–Crippen MR) is 157 cm³/mol. The molecule has 4 aromatic rings. The molecule has 0 aliphatic rings. The zero-order valence-electron chi connectivity index (χ0n) is 22.4. The zero-order valence-corrected chi connectivity index (χ0v) is 24.1. The van der Waals surface area contributed by atoms with Gasteiger partial charge in [0.2, 0.25) is 15.9 Å². The van der Waals surface area contributed by atoms with Gasteiger partial charge in [-0.05, 0) is 53.9 Å². The van der Waals surface area contributed by atoms with Crippen molar-refractivity contribution in [2.45, 2.75) is 43.7 Å². The number of sulfonamides is 1. The molecule has 0 saturated heterocycles. The molecule has 4 rings (SSSR count). The van der Waals surface area contributed by atoms with Gasteiger partial charge in [-0.3, -0.25) is 14.2 Å². The van der Waals surface area contributed by atoms with E-state index in [0.29, 0.717) is 34.8 Å². The third-order valence-electron chi connectivity index (χ3n) is 6.36. The minimum atomic E-state index is -3.58. The highest BCUT2D eigenvalue weighted by Crippen LogP contribution is 2.27. The van der Waals surface area contributed by atoms with Gasteiger partial charge in [-0.25, -0.2) is 13.4 Å². The molecule has 0 aliphatic carbocycles. The number of nitrogens with one attached hydrogen (secondary N) is 1. The number of nitrogens with zero attached hydrogens (tertiary/aromatic N) is 3. The maximum absolute atomic E-state index is 13.6. The van der Waals surface area contributed by atoms with Gasteiger partial charge in [-0.2, -0.15) is 4.31 Å². The van der Waals surface area contributed by atoms with Crippen molar-refractivity contribution in [2.24, 2.45) is 0 Å². The summed E-state index contributed by atoms with van der Waals surface area (Å²) in [5, 5.41) is 3.73. The molecule has 8 nitrogen and oxygen atoms in total. The second-order valence-corrected chi connectivity index (χ2v) is 12.1. The summed E-state index contributed by atoms with van der Waals surface area (Å²) >= 11 is 1.17. The Labute approximate surface area is 233 Å². The summed E-state index contributed by atoms with van der Waals surface area (Å²) in [5.41, 5.74) is 2.59. The van der Waals surface area contributed by atoms with Crippen molar-refractivity contribution < 1.29 is 13.2 Å². The first kappa shape index (κ1) is 28.5. The van der Waals surface area contributed by atoms with Gasteiger partial charge in [0.25, 0.3) is 5.56 Å². The van der Waals surface area contributed by atoms with Crippen LogP contribution in [0.1, 0.15) is 39.2 Å². The summed E-state index contributed by atoms with van der Waals surface area (Å²) in [6, 6.07) is 21.0. The SMILES string of the molecule is CCN(CC)S(=O)(=O)c1ccc(NC(=O)CSc2nc3ccccc3c(=O)n2-c2ccccc2C(C)C)cc1. The van der Waals surface area contributed by atoms with E-state index in [1.165, 1.54) is 28.2 Å². The second kappa shape index (κ2) is 12.1. The molecular weight excluding hydrogens is 532 g/mol. The number of thioether (sulfide) groups is 1. The number of fused-ring (bicyclic) bond motifs is 1. The third-order valence-corrected chi connectivity index (χ3v) is 9.36. The van der Waals surface area contributed by atoms with Crippen molar-refractivity contribution in [2.75, 3.05) is 24.2 Å². The maximum Gasteiger partial charge on any atom is 0.266 e. The van der Waals surface area contributed by atoms with Crippen molar-refractivity contribution in [3.05, 3.63) is 88.7 Å². The lowest BCUT2D eigenvalue weighted by Crippen LogP contribution is -2.30. The lowest BCUT2D eigenvalue weighted by molar-refractivity contribution is -0.113. The first-order valence-corrected chi connectivity index (χ1v) is 15.2. The van der Waals surface area contributed by atoms with Crippen molar-refractivity contribution in [3.63, 3.8) is 0 Å². The molecule has 0 unspecified atom stereocenters. The Kier molecular flexibility index (Phi) is 8.89. The van der Waals surface area contributed by atoms with Crippen LogP contribution < -0.4 is 10.9 Å². The summed E-state index contributed by atoms with van der Waals surface area (Å²) in [4.78, 5) is 31.4. The first-order valence-electron chi connectivity index (χ1n) is 12.8. The zero-order chi connectivity index (χ0) is 28.2. The van der Waals surface area contributed by atoms with E-state index >= 15 is 0 Å². The molecule has 1 N–H and O–H groups in total. The van der Waals surface area contributed by atoms with Crippen molar-refractivity contribution >= 4 is 44.3 Å². The van der Waals surface area contributed by atoms with Crippen LogP contribution in [-0.2, 0) is 14.8 Å². The van der Waals surface area contributed by atoms with Gasteiger partial charge in [-0.1, -0.05) is 69.8 Å². The van der Waals surface area contributed by atoms with Gasteiger partial charge in [0.05, 0.1) is 27.2 Å². The first-order chi connectivity index (χ1) is 18.7. The van der Waals surface area contributed by atoms with E-state index in [2.05, 4.69) is 19.2 Å². The van der Waals surface area contributed by atoms with E-state index in [1.807, 2.05) is 36.4 Å². The van der Waals surface area contributed by atoms with Crippen molar-refractivity contribution in [1.29, 1.82) is 0 Å². The van der Waals surface area contributed by atoms with Crippen LogP contribution in [0.2, 0.25) is 0 Å². The summed E-state index contributed by atoms with van der Waals surface area (Å²) in [6.45, 7) is 8.47. The molecular formula is C29H32N4O4S2. The number of rotatable bonds is 10. The van der Waals surface area contributed by atoms with Crippen LogP contribution in [0.15, 0.2) is 87.6 Å². The number of benzene rings is 3.